The van der Waals surface area contributed by atoms with E-state index >= 15 is 0 Å². The topological polar surface area (TPSA) is 72.3 Å². The molecule has 1 aromatic heterocycles. The largest absolute Gasteiger partial charge is 0.494 e. The molecule has 1 heterocycles. The molecule has 0 aliphatic heterocycles. The summed E-state index contributed by atoms with van der Waals surface area (Å²) in [5.41, 5.74) is 1.31. The fourth-order valence-electron chi connectivity index (χ4n) is 1.56. The molecule has 0 radical (unpaired) electrons. The lowest BCUT2D eigenvalue weighted by Gasteiger charge is -2.06. The van der Waals surface area contributed by atoms with E-state index in [9.17, 15) is 4.79 Å². The van der Waals surface area contributed by atoms with Crippen LogP contribution in [-0.4, -0.2) is 33.4 Å². The molecule has 1 aromatic carbocycles. The number of hydrogen-bond donors (Lipinski definition) is 1. The highest BCUT2D eigenvalue weighted by molar-refractivity contribution is 7.99. The molecule has 6 heteroatoms. The van der Waals surface area contributed by atoms with Crippen molar-refractivity contribution in [1.82, 2.24) is 9.97 Å². The zero-order valence-electron chi connectivity index (χ0n) is 11.7. The molecule has 2 rings (SSSR count). The van der Waals surface area contributed by atoms with Gasteiger partial charge < -0.3 is 9.84 Å². The Hall–Kier alpha value is -2.08. The van der Waals surface area contributed by atoms with E-state index in [1.54, 1.807) is 36.3 Å². The Kier molecular flexibility index (Phi) is 5.57. The number of carboxylic acids is 1. The third-order valence-electron chi connectivity index (χ3n) is 2.65. The van der Waals surface area contributed by atoms with E-state index in [-0.39, 0.29) is 5.56 Å². The number of carbonyl (C=O) groups is 1. The predicted octanol–water partition coefficient (Wildman–Crippen LogP) is 3.04. The quantitative estimate of drug-likeness (QED) is 0.481. The monoisotopic (exact) mass is 304 g/mol. The van der Waals surface area contributed by atoms with Crippen LogP contribution in [0.25, 0.3) is 0 Å². The Morgan fingerprint density at radius 3 is 2.52 bits per heavy atom. The molecule has 2 aromatic rings. The van der Waals surface area contributed by atoms with Crippen LogP contribution in [0.5, 0.6) is 5.75 Å². The van der Waals surface area contributed by atoms with Gasteiger partial charge in [0.25, 0.3) is 0 Å². The van der Waals surface area contributed by atoms with E-state index in [0.717, 1.165) is 22.9 Å². The first-order chi connectivity index (χ1) is 10.1. The Bertz CT molecular complexity index is 585. The number of aromatic carboxylic acids is 1. The van der Waals surface area contributed by atoms with Gasteiger partial charge in [-0.3, -0.25) is 0 Å². The zero-order valence-corrected chi connectivity index (χ0v) is 12.5. The molecule has 0 saturated heterocycles. The minimum absolute atomic E-state index is 0.259. The third kappa shape index (κ3) is 5.07. The maximum absolute atomic E-state index is 10.7. The fraction of sp³-hybridized carbons (Fsp3) is 0.267. The molecule has 0 amide bonds. The highest BCUT2D eigenvalue weighted by Gasteiger charge is 2.02. The van der Waals surface area contributed by atoms with Crippen molar-refractivity contribution < 1.29 is 14.6 Å². The van der Waals surface area contributed by atoms with E-state index in [1.807, 2.05) is 6.92 Å². The van der Waals surface area contributed by atoms with Crippen LogP contribution in [0.3, 0.4) is 0 Å². The van der Waals surface area contributed by atoms with Gasteiger partial charge in [0.1, 0.15) is 5.75 Å². The van der Waals surface area contributed by atoms with Crippen LogP contribution in [-0.2, 0) is 0 Å². The molecule has 0 bridgehead atoms. The van der Waals surface area contributed by atoms with Crippen LogP contribution in [0.1, 0.15) is 22.3 Å². The molecule has 0 fully saturated rings. The second-order valence-corrected chi connectivity index (χ2v) is 5.49. The first-order valence-corrected chi connectivity index (χ1v) is 7.51. The molecule has 21 heavy (non-hydrogen) atoms. The average molecular weight is 304 g/mol. The van der Waals surface area contributed by atoms with Crippen molar-refractivity contribution in [2.75, 3.05) is 12.4 Å². The van der Waals surface area contributed by atoms with Crippen LogP contribution in [0, 0.1) is 6.92 Å². The molecule has 1 N–H and O–H groups in total. The molecule has 0 aliphatic carbocycles. The lowest BCUT2D eigenvalue weighted by Crippen LogP contribution is -2.00. The summed E-state index contributed by atoms with van der Waals surface area (Å²) in [6.07, 6.45) is 4.47. The van der Waals surface area contributed by atoms with Crippen molar-refractivity contribution in [1.29, 1.82) is 0 Å². The van der Waals surface area contributed by atoms with Crippen molar-refractivity contribution in [2.24, 2.45) is 0 Å². The highest BCUT2D eigenvalue weighted by Crippen LogP contribution is 2.15. The smallest absolute Gasteiger partial charge is 0.335 e. The highest BCUT2D eigenvalue weighted by atomic mass is 32.2. The zero-order chi connectivity index (χ0) is 15.1. The second kappa shape index (κ2) is 7.64. The Balaban J connectivity index is 1.67. The lowest BCUT2D eigenvalue weighted by molar-refractivity contribution is 0.0697. The number of ether oxygens (including phenoxy) is 1. The van der Waals surface area contributed by atoms with E-state index < -0.39 is 5.97 Å². The average Bonchev–Trinajstić information content (AvgIpc) is 2.49. The summed E-state index contributed by atoms with van der Waals surface area (Å²) in [7, 11) is 0. The number of rotatable bonds is 7. The van der Waals surface area contributed by atoms with E-state index in [0.29, 0.717) is 12.4 Å². The summed E-state index contributed by atoms with van der Waals surface area (Å²) >= 11 is 1.59. The molecule has 0 saturated carbocycles. The van der Waals surface area contributed by atoms with Gasteiger partial charge in [0.15, 0.2) is 5.16 Å². The number of aromatic nitrogens is 2. The number of carboxylic acid groups (broad SMARTS) is 1. The summed E-state index contributed by atoms with van der Waals surface area (Å²) < 4.78 is 5.55. The van der Waals surface area contributed by atoms with Crippen molar-refractivity contribution >= 4 is 17.7 Å². The van der Waals surface area contributed by atoms with Crippen molar-refractivity contribution in [3.63, 3.8) is 0 Å². The molecule has 0 unspecified atom stereocenters. The van der Waals surface area contributed by atoms with Gasteiger partial charge >= 0.3 is 5.97 Å². The number of benzene rings is 1. The summed E-state index contributed by atoms with van der Waals surface area (Å²) in [6, 6.07) is 6.40. The van der Waals surface area contributed by atoms with Crippen molar-refractivity contribution in [3.05, 3.63) is 47.8 Å². The normalized spacial score (nSPS) is 10.3. The van der Waals surface area contributed by atoms with Gasteiger partial charge in [-0.15, -0.1) is 0 Å². The second-order valence-electron chi connectivity index (χ2n) is 4.42. The number of hydrogen-bond acceptors (Lipinski definition) is 5. The van der Waals surface area contributed by atoms with Crippen LogP contribution in [0.4, 0.5) is 0 Å². The summed E-state index contributed by atoms with van der Waals surface area (Å²) in [5, 5.41) is 9.56. The van der Waals surface area contributed by atoms with Gasteiger partial charge in [-0.1, -0.05) is 11.8 Å². The standard InChI is InChI=1S/C15H16N2O3S/c1-11-9-16-15(17-10-11)21-8-2-7-20-13-5-3-12(4-6-13)14(18)19/h3-6,9-10H,2,7-8H2,1H3,(H,18,19). The molecule has 110 valence electrons. The first-order valence-electron chi connectivity index (χ1n) is 6.53. The summed E-state index contributed by atoms with van der Waals surface area (Å²) in [4.78, 5) is 19.1. The Morgan fingerprint density at radius 1 is 1.24 bits per heavy atom. The van der Waals surface area contributed by atoms with Crippen molar-refractivity contribution in [2.45, 2.75) is 18.5 Å². The lowest BCUT2D eigenvalue weighted by atomic mass is 10.2. The van der Waals surface area contributed by atoms with Crippen LogP contribution < -0.4 is 4.74 Å². The van der Waals surface area contributed by atoms with Crippen molar-refractivity contribution in [3.8, 4) is 5.75 Å². The minimum Gasteiger partial charge on any atom is -0.494 e. The van der Waals surface area contributed by atoms with Gasteiger partial charge in [0, 0.05) is 18.1 Å². The number of aryl methyl sites for hydroxylation is 1. The molecule has 5 nitrogen and oxygen atoms in total. The maximum atomic E-state index is 10.7. The number of nitrogens with zero attached hydrogens (tertiary/aromatic N) is 2. The van der Waals surface area contributed by atoms with Gasteiger partial charge in [0.05, 0.1) is 12.2 Å². The van der Waals surface area contributed by atoms with Crippen LogP contribution in [0.2, 0.25) is 0 Å². The van der Waals surface area contributed by atoms with Crippen LogP contribution in [0.15, 0.2) is 41.8 Å². The van der Waals surface area contributed by atoms with Gasteiger partial charge in [-0.2, -0.15) is 0 Å². The molecule has 0 atom stereocenters. The van der Waals surface area contributed by atoms with E-state index in [4.69, 9.17) is 9.84 Å². The summed E-state index contributed by atoms with van der Waals surface area (Å²) in [5.74, 6) is 0.614. The van der Waals surface area contributed by atoms with E-state index in [2.05, 4.69) is 9.97 Å². The summed E-state index contributed by atoms with van der Waals surface area (Å²) in [6.45, 7) is 2.53. The maximum Gasteiger partial charge on any atom is 0.335 e. The van der Waals surface area contributed by atoms with Gasteiger partial charge in [0.2, 0.25) is 0 Å². The molecular weight excluding hydrogens is 288 g/mol. The molecular formula is C15H16N2O3S. The Morgan fingerprint density at radius 2 is 1.90 bits per heavy atom. The van der Waals surface area contributed by atoms with E-state index in [1.165, 1.54) is 12.1 Å². The predicted molar refractivity (Wildman–Crippen MR) is 81.0 cm³/mol. The fourth-order valence-corrected chi connectivity index (χ4v) is 2.26. The minimum atomic E-state index is -0.934. The third-order valence-corrected chi connectivity index (χ3v) is 3.61. The van der Waals surface area contributed by atoms with Crippen LogP contribution >= 0.6 is 11.8 Å². The SMILES string of the molecule is Cc1cnc(SCCCOc2ccc(C(=O)O)cc2)nc1. The Labute approximate surface area is 127 Å². The first kappa shape index (κ1) is 15.3. The molecule has 0 aliphatic rings. The molecule has 0 spiro atoms. The van der Waals surface area contributed by atoms with Gasteiger partial charge in [-0.05, 0) is 43.2 Å². The van der Waals surface area contributed by atoms with Gasteiger partial charge in [-0.25, -0.2) is 14.8 Å². The number of thioether (sulfide) groups is 1.